The van der Waals surface area contributed by atoms with Crippen molar-refractivity contribution in [2.24, 2.45) is 17.4 Å². The number of nitrogens with zero attached hydrogens (tertiary/aromatic N) is 2. The lowest BCUT2D eigenvalue weighted by Crippen LogP contribution is -2.33. The molecule has 0 fully saturated rings. The van der Waals surface area contributed by atoms with Crippen molar-refractivity contribution < 1.29 is 0 Å². The predicted octanol–water partition coefficient (Wildman–Crippen LogP) is 0.920. The highest BCUT2D eigenvalue weighted by molar-refractivity contribution is 4.66. The van der Waals surface area contributed by atoms with E-state index in [4.69, 9.17) is 11.5 Å². The van der Waals surface area contributed by atoms with Crippen LogP contribution in [0, 0.1) is 5.92 Å². The Kier molecular flexibility index (Phi) is 9.74. The van der Waals surface area contributed by atoms with Gasteiger partial charge < -0.3 is 21.3 Å². The molecule has 0 saturated heterocycles. The van der Waals surface area contributed by atoms with E-state index in [0.29, 0.717) is 5.92 Å². The molecule has 0 aromatic rings. The van der Waals surface area contributed by atoms with Crippen LogP contribution in [0.4, 0.5) is 0 Å². The van der Waals surface area contributed by atoms with E-state index in [0.717, 1.165) is 19.5 Å². The summed E-state index contributed by atoms with van der Waals surface area (Å²) < 4.78 is 0. The van der Waals surface area contributed by atoms with Crippen LogP contribution in [0.1, 0.15) is 32.1 Å². The molecule has 104 valence electrons. The van der Waals surface area contributed by atoms with E-state index in [1.54, 1.807) is 0 Å². The maximum atomic E-state index is 5.71. The Hall–Kier alpha value is -0.160. The SMILES string of the molecule is CN(C)CCCC(CCCN(C)C)CC(N)N. The monoisotopic (exact) mass is 244 g/mol. The van der Waals surface area contributed by atoms with E-state index in [2.05, 4.69) is 38.0 Å². The van der Waals surface area contributed by atoms with Crippen LogP contribution in [-0.2, 0) is 0 Å². The molecule has 4 N–H and O–H groups in total. The molecular weight excluding hydrogens is 212 g/mol. The lowest BCUT2D eigenvalue weighted by atomic mass is 9.93. The molecule has 0 unspecified atom stereocenters. The van der Waals surface area contributed by atoms with Gasteiger partial charge >= 0.3 is 0 Å². The normalized spacial score (nSPS) is 12.4. The van der Waals surface area contributed by atoms with Crippen LogP contribution in [0.25, 0.3) is 0 Å². The van der Waals surface area contributed by atoms with Crippen LogP contribution in [0.3, 0.4) is 0 Å². The second kappa shape index (κ2) is 9.83. The Morgan fingerprint density at radius 3 is 1.53 bits per heavy atom. The zero-order valence-electron chi connectivity index (χ0n) is 12.2. The number of hydrogen-bond donors (Lipinski definition) is 2. The zero-order valence-corrected chi connectivity index (χ0v) is 12.2. The fourth-order valence-corrected chi connectivity index (χ4v) is 2.16. The van der Waals surface area contributed by atoms with Gasteiger partial charge in [-0.05, 0) is 79.3 Å². The first-order valence-electron chi connectivity index (χ1n) is 6.72. The first-order valence-corrected chi connectivity index (χ1v) is 6.72. The maximum Gasteiger partial charge on any atom is 0.0523 e. The Morgan fingerprint density at radius 1 is 0.824 bits per heavy atom. The van der Waals surface area contributed by atoms with Crippen LogP contribution >= 0.6 is 0 Å². The van der Waals surface area contributed by atoms with Crippen LogP contribution in [-0.4, -0.2) is 57.2 Å². The molecule has 0 atom stereocenters. The van der Waals surface area contributed by atoms with Gasteiger partial charge in [-0.2, -0.15) is 0 Å². The van der Waals surface area contributed by atoms with Gasteiger partial charge in [-0.25, -0.2) is 0 Å². The summed E-state index contributed by atoms with van der Waals surface area (Å²) in [5.41, 5.74) is 11.4. The largest absolute Gasteiger partial charge is 0.316 e. The zero-order chi connectivity index (χ0) is 13.3. The van der Waals surface area contributed by atoms with E-state index >= 15 is 0 Å². The highest BCUT2D eigenvalue weighted by Gasteiger charge is 2.11. The second-order valence-electron chi connectivity index (χ2n) is 5.66. The molecule has 0 rings (SSSR count). The molecule has 0 spiro atoms. The first kappa shape index (κ1) is 16.8. The summed E-state index contributed by atoms with van der Waals surface area (Å²) in [6, 6.07) is 0. The van der Waals surface area contributed by atoms with Gasteiger partial charge in [-0.1, -0.05) is 0 Å². The molecule has 0 amide bonds. The summed E-state index contributed by atoms with van der Waals surface area (Å²) in [6.07, 6.45) is 5.78. The highest BCUT2D eigenvalue weighted by Crippen LogP contribution is 2.18. The van der Waals surface area contributed by atoms with Crippen LogP contribution in [0.2, 0.25) is 0 Å². The van der Waals surface area contributed by atoms with E-state index in [1.165, 1.54) is 25.7 Å². The van der Waals surface area contributed by atoms with Gasteiger partial charge in [0.25, 0.3) is 0 Å². The molecule has 0 radical (unpaired) electrons. The summed E-state index contributed by atoms with van der Waals surface area (Å²) in [5, 5.41) is 0. The van der Waals surface area contributed by atoms with Crippen LogP contribution in [0.15, 0.2) is 0 Å². The third-order valence-electron chi connectivity index (χ3n) is 3.04. The quantitative estimate of drug-likeness (QED) is 0.561. The Bertz CT molecular complexity index is 155. The summed E-state index contributed by atoms with van der Waals surface area (Å²) >= 11 is 0. The van der Waals surface area contributed by atoms with Crippen molar-refractivity contribution in [1.82, 2.24) is 9.80 Å². The Labute approximate surface area is 107 Å². The van der Waals surface area contributed by atoms with E-state index in [1.807, 2.05) is 0 Å². The summed E-state index contributed by atoms with van der Waals surface area (Å²) in [7, 11) is 8.48. The maximum absolute atomic E-state index is 5.71. The molecule has 0 aliphatic heterocycles. The molecule has 17 heavy (non-hydrogen) atoms. The standard InChI is InChI=1S/C13H32N4/c1-16(2)9-5-7-12(11-13(14)15)8-6-10-17(3)4/h12-13H,5-11,14-15H2,1-4H3. The number of rotatable bonds is 10. The summed E-state index contributed by atoms with van der Waals surface area (Å²) in [6.45, 7) is 2.31. The van der Waals surface area contributed by atoms with Crippen molar-refractivity contribution in [2.45, 2.75) is 38.3 Å². The van der Waals surface area contributed by atoms with Gasteiger partial charge in [0.15, 0.2) is 0 Å². The fraction of sp³-hybridized carbons (Fsp3) is 1.00. The van der Waals surface area contributed by atoms with Crippen LogP contribution in [0.5, 0.6) is 0 Å². The third kappa shape index (κ3) is 12.1. The van der Waals surface area contributed by atoms with Gasteiger partial charge in [-0.15, -0.1) is 0 Å². The smallest absolute Gasteiger partial charge is 0.0523 e. The van der Waals surface area contributed by atoms with Crippen molar-refractivity contribution in [2.75, 3.05) is 41.3 Å². The van der Waals surface area contributed by atoms with Gasteiger partial charge in [0.1, 0.15) is 0 Å². The average Bonchev–Trinajstić information content (AvgIpc) is 2.15. The Morgan fingerprint density at radius 2 is 1.24 bits per heavy atom. The van der Waals surface area contributed by atoms with Crippen molar-refractivity contribution in [3.8, 4) is 0 Å². The van der Waals surface area contributed by atoms with Crippen LogP contribution < -0.4 is 11.5 Å². The molecule has 0 aliphatic rings. The lowest BCUT2D eigenvalue weighted by Gasteiger charge is -2.20. The molecule has 0 saturated carbocycles. The minimum atomic E-state index is -0.154. The van der Waals surface area contributed by atoms with Gasteiger partial charge in [0.2, 0.25) is 0 Å². The first-order chi connectivity index (χ1) is 7.91. The molecule has 0 aromatic heterocycles. The molecule has 4 heteroatoms. The van der Waals surface area contributed by atoms with Gasteiger partial charge in [0, 0.05) is 0 Å². The van der Waals surface area contributed by atoms with Crippen molar-refractivity contribution in [3.05, 3.63) is 0 Å². The molecule has 0 heterocycles. The second-order valence-corrected chi connectivity index (χ2v) is 5.66. The molecule has 0 aromatic carbocycles. The summed E-state index contributed by atoms with van der Waals surface area (Å²) in [4.78, 5) is 4.47. The van der Waals surface area contributed by atoms with E-state index in [-0.39, 0.29) is 6.17 Å². The molecule has 0 bridgehead atoms. The topological polar surface area (TPSA) is 58.5 Å². The van der Waals surface area contributed by atoms with Gasteiger partial charge in [-0.3, -0.25) is 0 Å². The highest BCUT2D eigenvalue weighted by atomic mass is 15.0. The van der Waals surface area contributed by atoms with E-state index in [9.17, 15) is 0 Å². The minimum Gasteiger partial charge on any atom is -0.316 e. The van der Waals surface area contributed by atoms with Crippen molar-refractivity contribution in [1.29, 1.82) is 0 Å². The number of nitrogens with two attached hydrogens (primary N) is 2. The van der Waals surface area contributed by atoms with Crippen molar-refractivity contribution >= 4 is 0 Å². The minimum absolute atomic E-state index is 0.154. The molecule has 0 aliphatic carbocycles. The van der Waals surface area contributed by atoms with Crippen molar-refractivity contribution in [3.63, 3.8) is 0 Å². The predicted molar refractivity (Wildman–Crippen MR) is 75.8 cm³/mol. The molecular formula is C13H32N4. The van der Waals surface area contributed by atoms with Gasteiger partial charge in [0.05, 0.1) is 6.17 Å². The third-order valence-corrected chi connectivity index (χ3v) is 3.04. The number of hydrogen-bond acceptors (Lipinski definition) is 4. The fourth-order valence-electron chi connectivity index (χ4n) is 2.16. The lowest BCUT2D eigenvalue weighted by molar-refractivity contribution is 0.310. The molecule has 4 nitrogen and oxygen atoms in total. The summed E-state index contributed by atoms with van der Waals surface area (Å²) in [5.74, 6) is 0.690. The Balaban J connectivity index is 3.79. The van der Waals surface area contributed by atoms with E-state index < -0.39 is 0 Å². The average molecular weight is 244 g/mol.